The minimum absolute atomic E-state index is 0.212. The van der Waals surface area contributed by atoms with Crippen LogP contribution in [-0.2, 0) is 9.84 Å². The van der Waals surface area contributed by atoms with Crippen LogP contribution in [0.4, 0.5) is 0 Å². The summed E-state index contributed by atoms with van der Waals surface area (Å²) in [5, 5.41) is 3.11. The van der Waals surface area contributed by atoms with Crippen molar-refractivity contribution in [3.8, 4) is 0 Å². The highest BCUT2D eigenvalue weighted by atomic mass is 32.2. The monoisotopic (exact) mass is 227 g/mol. The Hall–Kier alpha value is -0.870. The summed E-state index contributed by atoms with van der Waals surface area (Å²) < 4.78 is 23.5. The first-order valence-corrected chi connectivity index (χ1v) is 6.80. The second-order valence-corrected chi connectivity index (χ2v) is 5.45. The Morgan fingerprint density at radius 2 is 1.87 bits per heavy atom. The lowest BCUT2D eigenvalue weighted by atomic mass is 10.4. The van der Waals surface area contributed by atoms with E-state index in [0.717, 1.165) is 13.1 Å². The third kappa shape index (κ3) is 4.01. The summed E-state index contributed by atoms with van der Waals surface area (Å²) in [4.78, 5) is 0.418. The van der Waals surface area contributed by atoms with E-state index in [1.807, 2.05) is 13.0 Å². The molecule has 0 saturated heterocycles. The third-order valence-corrected chi connectivity index (χ3v) is 3.94. The molecule has 0 saturated carbocycles. The van der Waals surface area contributed by atoms with E-state index in [1.165, 1.54) is 0 Å². The summed E-state index contributed by atoms with van der Waals surface area (Å²) in [6, 6.07) is 8.59. The number of sulfone groups is 1. The maximum atomic E-state index is 11.8. The molecule has 0 aliphatic carbocycles. The van der Waals surface area contributed by atoms with Gasteiger partial charge in [0.15, 0.2) is 9.84 Å². The largest absolute Gasteiger partial charge is 0.317 e. The molecule has 0 unspecified atom stereocenters. The molecule has 4 heteroatoms. The fourth-order valence-electron chi connectivity index (χ4n) is 1.31. The highest BCUT2D eigenvalue weighted by molar-refractivity contribution is 7.91. The first-order chi connectivity index (χ1) is 7.17. The molecular weight excluding hydrogens is 210 g/mol. The predicted molar refractivity (Wildman–Crippen MR) is 61.7 cm³/mol. The normalized spacial score (nSPS) is 11.5. The highest BCUT2D eigenvalue weighted by Crippen LogP contribution is 2.10. The zero-order valence-corrected chi connectivity index (χ0v) is 9.76. The van der Waals surface area contributed by atoms with E-state index in [9.17, 15) is 8.42 Å². The molecule has 0 atom stereocenters. The molecule has 0 aliphatic rings. The van der Waals surface area contributed by atoms with Crippen LogP contribution in [0.2, 0.25) is 0 Å². The van der Waals surface area contributed by atoms with Crippen LogP contribution in [0.25, 0.3) is 0 Å². The van der Waals surface area contributed by atoms with E-state index >= 15 is 0 Å². The lowest BCUT2D eigenvalue weighted by Gasteiger charge is -2.04. The van der Waals surface area contributed by atoms with Crippen LogP contribution in [0.1, 0.15) is 13.3 Å². The molecule has 1 aromatic rings. The predicted octanol–water partition coefficient (Wildman–Crippen LogP) is 1.46. The van der Waals surface area contributed by atoms with E-state index in [-0.39, 0.29) is 5.75 Å². The Morgan fingerprint density at radius 1 is 1.20 bits per heavy atom. The number of benzene rings is 1. The molecule has 0 radical (unpaired) electrons. The van der Waals surface area contributed by atoms with Gasteiger partial charge in [-0.2, -0.15) is 0 Å². The fraction of sp³-hybridized carbons (Fsp3) is 0.455. The van der Waals surface area contributed by atoms with Crippen LogP contribution >= 0.6 is 0 Å². The molecule has 0 amide bonds. The number of nitrogens with one attached hydrogen (secondary N) is 1. The van der Waals surface area contributed by atoms with Crippen molar-refractivity contribution >= 4 is 9.84 Å². The Balaban J connectivity index is 2.53. The minimum atomic E-state index is -3.08. The van der Waals surface area contributed by atoms with Gasteiger partial charge in [-0.3, -0.25) is 0 Å². The second kappa shape index (κ2) is 5.88. The van der Waals surface area contributed by atoms with Gasteiger partial charge < -0.3 is 5.32 Å². The Kier molecular flexibility index (Phi) is 4.78. The van der Waals surface area contributed by atoms with Crippen molar-refractivity contribution in [2.24, 2.45) is 0 Å². The average molecular weight is 227 g/mol. The summed E-state index contributed by atoms with van der Waals surface area (Å²) in [5.74, 6) is 0.212. The van der Waals surface area contributed by atoms with Crippen molar-refractivity contribution in [2.45, 2.75) is 18.2 Å². The third-order valence-electron chi connectivity index (χ3n) is 2.12. The molecule has 0 aliphatic heterocycles. The van der Waals surface area contributed by atoms with E-state index in [2.05, 4.69) is 5.32 Å². The molecule has 0 aromatic heterocycles. The van der Waals surface area contributed by atoms with E-state index in [1.54, 1.807) is 24.3 Å². The van der Waals surface area contributed by atoms with Crippen LogP contribution in [-0.4, -0.2) is 27.3 Å². The molecule has 0 fully saturated rings. The maximum absolute atomic E-state index is 11.8. The van der Waals surface area contributed by atoms with Gasteiger partial charge in [-0.05, 0) is 31.6 Å². The highest BCUT2D eigenvalue weighted by Gasteiger charge is 2.12. The van der Waals surface area contributed by atoms with Crippen molar-refractivity contribution in [3.63, 3.8) is 0 Å². The topological polar surface area (TPSA) is 46.2 Å². The van der Waals surface area contributed by atoms with Gasteiger partial charge in [0, 0.05) is 0 Å². The zero-order valence-electron chi connectivity index (χ0n) is 8.94. The Morgan fingerprint density at radius 3 is 2.47 bits per heavy atom. The number of hydrogen-bond acceptors (Lipinski definition) is 3. The SMILES string of the molecule is CCNCCCS(=O)(=O)c1ccccc1. The molecule has 0 spiro atoms. The Labute approximate surface area is 91.4 Å². The van der Waals surface area contributed by atoms with Crippen LogP contribution < -0.4 is 5.32 Å². The quantitative estimate of drug-likeness (QED) is 0.748. The fourth-order valence-corrected chi connectivity index (χ4v) is 2.64. The van der Waals surface area contributed by atoms with Crippen molar-refractivity contribution < 1.29 is 8.42 Å². The van der Waals surface area contributed by atoms with Crippen molar-refractivity contribution in [1.82, 2.24) is 5.32 Å². The Bertz CT molecular complexity index is 373. The van der Waals surface area contributed by atoms with Gasteiger partial charge in [-0.1, -0.05) is 25.1 Å². The summed E-state index contributed by atoms with van der Waals surface area (Å²) in [5.41, 5.74) is 0. The number of hydrogen-bond donors (Lipinski definition) is 1. The molecule has 84 valence electrons. The van der Waals surface area contributed by atoms with Crippen molar-refractivity contribution in [2.75, 3.05) is 18.8 Å². The first-order valence-electron chi connectivity index (χ1n) is 5.15. The average Bonchev–Trinajstić information content (AvgIpc) is 2.26. The van der Waals surface area contributed by atoms with Gasteiger partial charge in [-0.15, -0.1) is 0 Å². The summed E-state index contributed by atoms with van der Waals surface area (Å²) >= 11 is 0. The summed E-state index contributed by atoms with van der Waals surface area (Å²) in [6.07, 6.45) is 0.658. The van der Waals surface area contributed by atoms with Gasteiger partial charge >= 0.3 is 0 Å². The van der Waals surface area contributed by atoms with E-state index in [0.29, 0.717) is 11.3 Å². The summed E-state index contributed by atoms with van der Waals surface area (Å²) in [7, 11) is -3.08. The molecule has 3 nitrogen and oxygen atoms in total. The van der Waals surface area contributed by atoms with Crippen LogP contribution in [0, 0.1) is 0 Å². The molecule has 1 aromatic carbocycles. The van der Waals surface area contributed by atoms with Gasteiger partial charge in [0.1, 0.15) is 0 Å². The van der Waals surface area contributed by atoms with E-state index in [4.69, 9.17) is 0 Å². The smallest absolute Gasteiger partial charge is 0.178 e. The van der Waals surface area contributed by atoms with Crippen LogP contribution in [0.15, 0.2) is 35.2 Å². The van der Waals surface area contributed by atoms with Gasteiger partial charge in [0.05, 0.1) is 10.6 Å². The van der Waals surface area contributed by atoms with E-state index < -0.39 is 9.84 Å². The number of rotatable bonds is 6. The summed E-state index contributed by atoms with van der Waals surface area (Å²) in [6.45, 7) is 3.64. The molecule has 1 rings (SSSR count). The molecule has 0 bridgehead atoms. The van der Waals surface area contributed by atoms with Gasteiger partial charge in [0.2, 0.25) is 0 Å². The zero-order chi connectivity index (χ0) is 11.1. The first kappa shape index (κ1) is 12.2. The minimum Gasteiger partial charge on any atom is -0.317 e. The lowest BCUT2D eigenvalue weighted by Crippen LogP contribution is -2.18. The second-order valence-electron chi connectivity index (χ2n) is 3.34. The van der Waals surface area contributed by atoms with Gasteiger partial charge in [0.25, 0.3) is 0 Å². The standard InChI is InChI=1S/C11H17NO2S/c1-2-12-9-6-10-15(13,14)11-7-4-3-5-8-11/h3-5,7-8,12H,2,6,9-10H2,1H3. The van der Waals surface area contributed by atoms with Crippen LogP contribution in [0.5, 0.6) is 0 Å². The molecule has 1 N–H and O–H groups in total. The van der Waals surface area contributed by atoms with Gasteiger partial charge in [-0.25, -0.2) is 8.42 Å². The molecular formula is C11H17NO2S. The molecule has 0 heterocycles. The van der Waals surface area contributed by atoms with Crippen molar-refractivity contribution in [3.05, 3.63) is 30.3 Å². The van der Waals surface area contributed by atoms with Crippen LogP contribution in [0.3, 0.4) is 0 Å². The lowest BCUT2D eigenvalue weighted by molar-refractivity contribution is 0.590. The maximum Gasteiger partial charge on any atom is 0.178 e. The molecule has 15 heavy (non-hydrogen) atoms. The van der Waals surface area contributed by atoms with Crippen molar-refractivity contribution in [1.29, 1.82) is 0 Å².